The Balaban J connectivity index is 2.09. The lowest BCUT2D eigenvalue weighted by molar-refractivity contribution is -0.120. The molecule has 0 aliphatic rings. The van der Waals surface area contributed by atoms with Crippen molar-refractivity contribution in [3.05, 3.63) is 46.1 Å². The molecule has 0 atom stereocenters. The Morgan fingerprint density at radius 1 is 1.33 bits per heavy atom. The molecule has 0 unspecified atom stereocenters. The number of hydrogen-bond acceptors (Lipinski definition) is 4. The molecule has 0 spiro atoms. The molecule has 0 bridgehead atoms. The lowest BCUT2D eigenvalue weighted by Gasteiger charge is -2.18. The van der Waals surface area contributed by atoms with Crippen LogP contribution in [-0.4, -0.2) is 27.4 Å². The molecule has 2 heterocycles. The number of rotatable bonds is 5. The Hall–Kier alpha value is -2.50. The number of H-pyrrole nitrogens is 1. The number of carbonyl (C=O) groups is 1. The van der Waals surface area contributed by atoms with Crippen LogP contribution in [0.1, 0.15) is 38.4 Å². The normalized spacial score (nSPS) is 11.3. The van der Waals surface area contributed by atoms with Gasteiger partial charge in [0.1, 0.15) is 5.82 Å². The van der Waals surface area contributed by atoms with Gasteiger partial charge < -0.3 is 10.3 Å². The molecule has 0 saturated carbocycles. The number of aromatic nitrogens is 3. The fraction of sp³-hybridized carbons (Fsp3) is 0.444. The second-order valence-electron chi connectivity index (χ2n) is 7.06. The summed E-state index contributed by atoms with van der Waals surface area (Å²) < 4.78 is 0. The quantitative estimate of drug-likeness (QED) is 0.881. The number of aromatic amines is 1. The summed E-state index contributed by atoms with van der Waals surface area (Å²) in [6.45, 7) is 8.70. The molecule has 0 fully saturated rings. The van der Waals surface area contributed by atoms with Gasteiger partial charge in [-0.1, -0.05) is 20.8 Å². The predicted molar refractivity (Wildman–Crippen MR) is 93.6 cm³/mol. The van der Waals surface area contributed by atoms with Crippen molar-refractivity contribution in [2.45, 2.75) is 40.5 Å². The van der Waals surface area contributed by atoms with E-state index >= 15 is 0 Å². The number of aryl methyl sites for hydroxylation is 1. The van der Waals surface area contributed by atoms with Crippen molar-refractivity contribution in [2.75, 3.05) is 6.54 Å². The van der Waals surface area contributed by atoms with Gasteiger partial charge in [0, 0.05) is 35.8 Å². The largest absolute Gasteiger partial charge is 0.356 e. The van der Waals surface area contributed by atoms with E-state index in [4.69, 9.17) is 0 Å². The Bertz CT molecular complexity index is 761. The Kier molecular flexibility index (Phi) is 5.49. The van der Waals surface area contributed by atoms with Crippen LogP contribution in [0.3, 0.4) is 0 Å². The van der Waals surface area contributed by atoms with Gasteiger partial charge >= 0.3 is 0 Å². The van der Waals surface area contributed by atoms with Crippen LogP contribution in [0, 0.1) is 12.3 Å². The minimum Gasteiger partial charge on any atom is -0.356 e. The SMILES string of the molecule is Cc1nc(-c2cccnc2)[nH]c(=O)c1CC(=O)NCCC(C)(C)C. The lowest BCUT2D eigenvalue weighted by atomic mass is 9.92. The van der Waals surface area contributed by atoms with Gasteiger partial charge in [-0.15, -0.1) is 0 Å². The molecule has 0 aliphatic heterocycles. The van der Waals surface area contributed by atoms with Gasteiger partial charge in [0.05, 0.1) is 6.42 Å². The highest BCUT2D eigenvalue weighted by Crippen LogP contribution is 2.17. The molecule has 2 aromatic rings. The minimum absolute atomic E-state index is 0.0334. The van der Waals surface area contributed by atoms with E-state index in [0.29, 0.717) is 23.6 Å². The summed E-state index contributed by atoms with van der Waals surface area (Å²) in [5.41, 5.74) is 1.57. The second kappa shape index (κ2) is 7.38. The van der Waals surface area contributed by atoms with Crippen molar-refractivity contribution < 1.29 is 4.79 Å². The van der Waals surface area contributed by atoms with Crippen LogP contribution >= 0.6 is 0 Å². The van der Waals surface area contributed by atoms with Crippen molar-refractivity contribution >= 4 is 5.91 Å². The van der Waals surface area contributed by atoms with Crippen LogP contribution in [0.4, 0.5) is 0 Å². The molecule has 2 rings (SSSR count). The second-order valence-corrected chi connectivity index (χ2v) is 7.06. The average Bonchev–Trinajstić information content (AvgIpc) is 2.50. The number of carbonyl (C=O) groups excluding carboxylic acids is 1. The molecule has 6 heteroatoms. The van der Waals surface area contributed by atoms with Crippen LogP contribution in [0.5, 0.6) is 0 Å². The fourth-order valence-electron chi connectivity index (χ4n) is 2.26. The highest BCUT2D eigenvalue weighted by Gasteiger charge is 2.15. The monoisotopic (exact) mass is 328 g/mol. The first-order valence-corrected chi connectivity index (χ1v) is 8.03. The Labute approximate surface area is 141 Å². The predicted octanol–water partition coefficient (Wildman–Crippen LogP) is 2.24. The van der Waals surface area contributed by atoms with Gasteiger partial charge in [-0.2, -0.15) is 0 Å². The van der Waals surface area contributed by atoms with Crippen molar-refractivity contribution in [1.82, 2.24) is 20.3 Å². The maximum absolute atomic E-state index is 12.3. The number of amides is 1. The maximum atomic E-state index is 12.3. The van der Waals surface area contributed by atoms with E-state index in [2.05, 4.69) is 41.0 Å². The fourth-order valence-corrected chi connectivity index (χ4v) is 2.26. The van der Waals surface area contributed by atoms with Gasteiger partial charge in [-0.3, -0.25) is 14.6 Å². The average molecular weight is 328 g/mol. The van der Waals surface area contributed by atoms with Crippen LogP contribution in [-0.2, 0) is 11.2 Å². The summed E-state index contributed by atoms with van der Waals surface area (Å²) in [7, 11) is 0. The molecule has 6 nitrogen and oxygen atoms in total. The van der Waals surface area contributed by atoms with E-state index in [9.17, 15) is 9.59 Å². The van der Waals surface area contributed by atoms with Gasteiger partial charge in [0.2, 0.25) is 5.91 Å². The molecule has 0 saturated heterocycles. The highest BCUT2D eigenvalue weighted by molar-refractivity contribution is 5.78. The number of pyridine rings is 1. The third-order valence-corrected chi connectivity index (χ3v) is 3.69. The summed E-state index contributed by atoms with van der Waals surface area (Å²) in [6, 6.07) is 3.60. The summed E-state index contributed by atoms with van der Waals surface area (Å²) in [5, 5.41) is 2.86. The molecule has 0 aliphatic carbocycles. The van der Waals surface area contributed by atoms with E-state index in [1.165, 1.54) is 0 Å². The van der Waals surface area contributed by atoms with E-state index < -0.39 is 0 Å². The van der Waals surface area contributed by atoms with E-state index in [-0.39, 0.29) is 23.3 Å². The van der Waals surface area contributed by atoms with Crippen molar-refractivity contribution in [1.29, 1.82) is 0 Å². The molecule has 2 aromatic heterocycles. The standard InChI is InChI=1S/C18H24N4O2/c1-12-14(10-15(23)20-9-7-18(2,3)4)17(24)22-16(21-12)13-6-5-8-19-11-13/h5-6,8,11H,7,9-10H2,1-4H3,(H,20,23)(H,21,22,24). The Morgan fingerprint density at radius 3 is 2.67 bits per heavy atom. The van der Waals surface area contributed by atoms with Crippen LogP contribution in [0.25, 0.3) is 11.4 Å². The number of nitrogens with zero attached hydrogens (tertiary/aromatic N) is 2. The first-order valence-electron chi connectivity index (χ1n) is 8.03. The van der Waals surface area contributed by atoms with Gasteiger partial charge in [-0.25, -0.2) is 4.98 Å². The smallest absolute Gasteiger partial charge is 0.255 e. The molecule has 0 aromatic carbocycles. The van der Waals surface area contributed by atoms with Gasteiger partial charge in [0.15, 0.2) is 0 Å². The number of nitrogens with one attached hydrogen (secondary N) is 2. The maximum Gasteiger partial charge on any atom is 0.255 e. The van der Waals surface area contributed by atoms with Crippen LogP contribution in [0.2, 0.25) is 0 Å². The molecule has 128 valence electrons. The zero-order valence-corrected chi connectivity index (χ0v) is 14.6. The van der Waals surface area contributed by atoms with Crippen LogP contribution < -0.4 is 10.9 Å². The Morgan fingerprint density at radius 2 is 2.08 bits per heavy atom. The molecule has 2 N–H and O–H groups in total. The molecular formula is C18H24N4O2. The zero-order valence-electron chi connectivity index (χ0n) is 14.6. The molecular weight excluding hydrogens is 304 g/mol. The van der Waals surface area contributed by atoms with Crippen molar-refractivity contribution in [3.8, 4) is 11.4 Å². The van der Waals surface area contributed by atoms with E-state index in [0.717, 1.165) is 12.0 Å². The first-order chi connectivity index (χ1) is 11.3. The first kappa shape index (κ1) is 17.8. The van der Waals surface area contributed by atoms with E-state index in [1.807, 2.05) is 6.07 Å². The van der Waals surface area contributed by atoms with Gasteiger partial charge in [0.25, 0.3) is 5.56 Å². The number of hydrogen-bond donors (Lipinski definition) is 2. The summed E-state index contributed by atoms with van der Waals surface area (Å²) in [6.07, 6.45) is 4.21. The lowest BCUT2D eigenvalue weighted by Crippen LogP contribution is -2.31. The van der Waals surface area contributed by atoms with Crippen molar-refractivity contribution in [2.24, 2.45) is 5.41 Å². The minimum atomic E-state index is -0.285. The van der Waals surface area contributed by atoms with E-state index in [1.54, 1.807) is 25.4 Å². The van der Waals surface area contributed by atoms with Crippen LogP contribution in [0.15, 0.2) is 29.3 Å². The molecule has 0 radical (unpaired) electrons. The summed E-state index contributed by atoms with van der Waals surface area (Å²) >= 11 is 0. The molecule has 1 amide bonds. The molecule has 24 heavy (non-hydrogen) atoms. The highest BCUT2D eigenvalue weighted by atomic mass is 16.2. The third kappa shape index (κ3) is 5.01. The summed E-state index contributed by atoms with van der Waals surface area (Å²) in [5.74, 6) is 0.297. The van der Waals surface area contributed by atoms with Gasteiger partial charge in [-0.05, 0) is 30.9 Å². The third-order valence-electron chi connectivity index (χ3n) is 3.69. The topological polar surface area (TPSA) is 87.7 Å². The summed E-state index contributed by atoms with van der Waals surface area (Å²) in [4.78, 5) is 35.5. The zero-order chi connectivity index (χ0) is 17.7. The van der Waals surface area contributed by atoms with Crippen molar-refractivity contribution in [3.63, 3.8) is 0 Å².